The average molecular weight is 313 g/mol. The van der Waals surface area contributed by atoms with Gasteiger partial charge in [0.2, 0.25) is 0 Å². The first-order chi connectivity index (χ1) is 8.61. The summed E-state index contributed by atoms with van der Waals surface area (Å²) in [5.41, 5.74) is 0.0109. The highest BCUT2D eigenvalue weighted by atomic mass is 79.9. The van der Waals surface area contributed by atoms with Gasteiger partial charge in [0.1, 0.15) is 5.82 Å². The summed E-state index contributed by atoms with van der Waals surface area (Å²) in [6.45, 7) is 0.833. The van der Waals surface area contributed by atoms with Gasteiger partial charge in [-0.1, -0.05) is 15.9 Å². The molecule has 6 heteroatoms. The number of hydrogen-bond donors (Lipinski definition) is 0. The molecule has 0 spiro atoms. The third-order valence-electron chi connectivity index (χ3n) is 2.66. The first kappa shape index (κ1) is 13.0. The van der Waals surface area contributed by atoms with Gasteiger partial charge < -0.3 is 9.64 Å². The lowest BCUT2D eigenvalue weighted by atomic mass is 10.1. The van der Waals surface area contributed by atoms with Crippen LogP contribution in [0.25, 0.3) is 0 Å². The first-order valence-electron chi connectivity index (χ1n) is 5.37. The summed E-state index contributed by atoms with van der Waals surface area (Å²) >= 11 is 3.13. The molecule has 2 rings (SSSR count). The van der Waals surface area contributed by atoms with Crippen LogP contribution in [-0.4, -0.2) is 36.6 Å². The number of ether oxygens (including phenoxy) is 1. The van der Waals surface area contributed by atoms with Crippen LogP contribution in [0.4, 0.5) is 4.39 Å². The molecule has 0 aromatic heterocycles. The van der Waals surface area contributed by atoms with Crippen molar-refractivity contribution in [1.29, 1.82) is 5.26 Å². The molecule has 0 aliphatic carbocycles. The van der Waals surface area contributed by atoms with Gasteiger partial charge in [-0.2, -0.15) is 5.26 Å². The summed E-state index contributed by atoms with van der Waals surface area (Å²) < 4.78 is 19.4. The predicted octanol–water partition coefficient (Wildman–Crippen LogP) is 1.95. The summed E-state index contributed by atoms with van der Waals surface area (Å²) in [5, 5.41) is 8.76. The van der Waals surface area contributed by atoms with E-state index >= 15 is 0 Å². The minimum atomic E-state index is -0.638. The maximum atomic E-state index is 13.7. The first-order valence-corrected chi connectivity index (χ1v) is 6.16. The fraction of sp³-hybridized carbons (Fsp3) is 0.333. The molecule has 1 fully saturated rings. The van der Waals surface area contributed by atoms with E-state index in [-0.39, 0.29) is 12.1 Å². The SMILES string of the molecule is N#CC1CN(C(=O)c2ccc(Br)cc2F)CCO1. The molecule has 1 amide bonds. The van der Waals surface area contributed by atoms with E-state index in [9.17, 15) is 9.18 Å². The number of carbonyl (C=O) groups is 1. The van der Waals surface area contributed by atoms with E-state index in [1.54, 1.807) is 6.07 Å². The van der Waals surface area contributed by atoms with Gasteiger partial charge in [-0.3, -0.25) is 4.79 Å². The lowest BCUT2D eigenvalue weighted by molar-refractivity contribution is 0.00326. The largest absolute Gasteiger partial charge is 0.360 e. The molecule has 1 aliphatic heterocycles. The minimum Gasteiger partial charge on any atom is -0.360 e. The second-order valence-corrected chi connectivity index (χ2v) is 4.78. The number of rotatable bonds is 1. The van der Waals surface area contributed by atoms with Crippen molar-refractivity contribution >= 4 is 21.8 Å². The molecule has 0 N–H and O–H groups in total. The number of benzene rings is 1. The second kappa shape index (κ2) is 5.46. The number of nitrogens with zero attached hydrogens (tertiary/aromatic N) is 2. The highest BCUT2D eigenvalue weighted by molar-refractivity contribution is 9.10. The lowest BCUT2D eigenvalue weighted by Gasteiger charge is -2.29. The van der Waals surface area contributed by atoms with Crippen LogP contribution in [-0.2, 0) is 4.74 Å². The Kier molecular flexibility index (Phi) is 3.94. The van der Waals surface area contributed by atoms with Gasteiger partial charge in [-0.15, -0.1) is 0 Å². The summed E-state index contributed by atoms with van der Waals surface area (Å²) in [6.07, 6.45) is -0.638. The molecular weight excluding hydrogens is 303 g/mol. The Balaban J connectivity index is 2.18. The maximum Gasteiger partial charge on any atom is 0.257 e. The van der Waals surface area contributed by atoms with Crippen LogP contribution < -0.4 is 0 Å². The third kappa shape index (κ3) is 2.68. The molecule has 94 valence electrons. The average Bonchev–Trinajstić information content (AvgIpc) is 2.38. The summed E-state index contributed by atoms with van der Waals surface area (Å²) in [7, 11) is 0. The van der Waals surface area contributed by atoms with E-state index in [4.69, 9.17) is 10.00 Å². The minimum absolute atomic E-state index is 0.0109. The van der Waals surface area contributed by atoms with Gasteiger partial charge in [0, 0.05) is 11.0 Å². The zero-order valence-electron chi connectivity index (χ0n) is 9.40. The number of morpholine rings is 1. The van der Waals surface area contributed by atoms with Gasteiger partial charge in [0.05, 0.1) is 24.8 Å². The van der Waals surface area contributed by atoms with E-state index in [0.29, 0.717) is 17.6 Å². The van der Waals surface area contributed by atoms with Gasteiger partial charge in [-0.05, 0) is 18.2 Å². The van der Waals surface area contributed by atoms with E-state index in [1.165, 1.54) is 17.0 Å². The molecule has 4 nitrogen and oxygen atoms in total. The number of halogens is 2. The van der Waals surface area contributed by atoms with Crippen molar-refractivity contribution in [3.63, 3.8) is 0 Å². The zero-order valence-corrected chi connectivity index (χ0v) is 11.0. The normalized spacial score (nSPS) is 19.4. The van der Waals surface area contributed by atoms with Crippen molar-refractivity contribution in [3.8, 4) is 6.07 Å². The molecule has 0 bridgehead atoms. The maximum absolute atomic E-state index is 13.7. The summed E-state index contributed by atoms with van der Waals surface area (Å²) in [4.78, 5) is 13.5. The number of hydrogen-bond acceptors (Lipinski definition) is 3. The van der Waals surface area contributed by atoms with Crippen LogP contribution in [0.15, 0.2) is 22.7 Å². The fourth-order valence-corrected chi connectivity index (χ4v) is 2.08. The van der Waals surface area contributed by atoms with Crippen molar-refractivity contribution in [3.05, 3.63) is 34.1 Å². The van der Waals surface area contributed by atoms with Gasteiger partial charge in [-0.25, -0.2) is 4.39 Å². The zero-order chi connectivity index (χ0) is 13.1. The molecule has 1 aromatic carbocycles. The Morgan fingerprint density at radius 1 is 1.61 bits per heavy atom. The summed E-state index contributed by atoms with van der Waals surface area (Å²) in [5.74, 6) is -0.988. The number of nitriles is 1. The molecule has 18 heavy (non-hydrogen) atoms. The molecule has 0 saturated carbocycles. The van der Waals surface area contributed by atoms with Crippen molar-refractivity contribution in [2.75, 3.05) is 19.7 Å². The van der Waals surface area contributed by atoms with Crippen LogP contribution in [0.3, 0.4) is 0 Å². The summed E-state index contributed by atoms with van der Waals surface area (Å²) in [6, 6.07) is 6.23. The highest BCUT2D eigenvalue weighted by Gasteiger charge is 2.26. The molecule has 1 unspecified atom stereocenters. The molecule has 1 aliphatic rings. The van der Waals surface area contributed by atoms with Crippen LogP contribution in [0.2, 0.25) is 0 Å². The van der Waals surface area contributed by atoms with Gasteiger partial charge in [0.15, 0.2) is 6.10 Å². The molecule has 1 saturated heterocycles. The fourth-order valence-electron chi connectivity index (χ4n) is 1.75. The van der Waals surface area contributed by atoms with Gasteiger partial charge in [0.25, 0.3) is 5.91 Å². The second-order valence-electron chi connectivity index (χ2n) is 3.86. The van der Waals surface area contributed by atoms with Crippen LogP contribution in [0, 0.1) is 17.1 Å². The van der Waals surface area contributed by atoms with Crippen LogP contribution in [0.5, 0.6) is 0 Å². The van der Waals surface area contributed by atoms with Crippen molar-refractivity contribution < 1.29 is 13.9 Å². The Morgan fingerprint density at radius 3 is 3.06 bits per heavy atom. The smallest absolute Gasteiger partial charge is 0.257 e. The third-order valence-corrected chi connectivity index (χ3v) is 3.15. The Morgan fingerprint density at radius 2 is 2.39 bits per heavy atom. The monoisotopic (exact) mass is 312 g/mol. The molecule has 1 aromatic rings. The van der Waals surface area contributed by atoms with Crippen LogP contribution in [0.1, 0.15) is 10.4 Å². The van der Waals surface area contributed by atoms with Crippen molar-refractivity contribution in [2.45, 2.75) is 6.10 Å². The topological polar surface area (TPSA) is 53.3 Å². The quantitative estimate of drug-likeness (QED) is 0.796. The number of carbonyl (C=O) groups excluding carboxylic acids is 1. The standard InChI is InChI=1S/C12H10BrFN2O2/c13-8-1-2-10(11(14)5-8)12(17)16-3-4-18-9(6-15)7-16/h1-2,5,9H,3-4,7H2. The molecule has 1 atom stereocenters. The lowest BCUT2D eigenvalue weighted by Crippen LogP contribution is -2.45. The molecule has 0 radical (unpaired) electrons. The highest BCUT2D eigenvalue weighted by Crippen LogP contribution is 2.18. The Hall–Kier alpha value is -1.45. The van der Waals surface area contributed by atoms with E-state index in [2.05, 4.69) is 15.9 Å². The van der Waals surface area contributed by atoms with E-state index in [0.717, 1.165) is 0 Å². The molecular formula is C12H10BrFN2O2. The Bertz CT molecular complexity index is 515. The molecule has 1 heterocycles. The van der Waals surface area contributed by atoms with Crippen LogP contribution >= 0.6 is 15.9 Å². The van der Waals surface area contributed by atoms with Crippen molar-refractivity contribution in [1.82, 2.24) is 4.90 Å². The van der Waals surface area contributed by atoms with E-state index < -0.39 is 17.8 Å². The Labute approximate surface area is 112 Å². The van der Waals surface area contributed by atoms with E-state index in [1.807, 2.05) is 6.07 Å². The predicted molar refractivity (Wildman–Crippen MR) is 65.4 cm³/mol. The van der Waals surface area contributed by atoms with Gasteiger partial charge >= 0.3 is 0 Å². The van der Waals surface area contributed by atoms with Crippen molar-refractivity contribution in [2.24, 2.45) is 0 Å². The number of amides is 1.